The Balaban J connectivity index is 2.03. The van der Waals surface area contributed by atoms with Crippen molar-refractivity contribution in [1.29, 1.82) is 0 Å². The van der Waals surface area contributed by atoms with E-state index in [9.17, 15) is 23.1 Å². The number of nitrogens with zero attached hydrogens (tertiary/aromatic N) is 1. The molecule has 0 saturated heterocycles. The first-order valence-electron chi connectivity index (χ1n) is 8.21. The zero-order valence-electron chi connectivity index (χ0n) is 14.2. The molecule has 0 aliphatic carbocycles. The van der Waals surface area contributed by atoms with E-state index in [1.807, 2.05) is 29.7 Å². The third kappa shape index (κ3) is 2.83. The van der Waals surface area contributed by atoms with Crippen molar-refractivity contribution in [1.82, 2.24) is 4.57 Å². The van der Waals surface area contributed by atoms with Crippen molar-refractivity contribution in [2.75, 3.05) is 0 Å². The molecular weight excluding hydrogens is 355 g/mol. The monoisotopic (exact) mass is 369 g/mol. The van der Waals surface area contributed by atoms with E-state index in [4.69, 9.17) is 0 Å². The highest BCUT2D eigenvalue weighted by molar-refractivity contribution is 6.11. The maximum absolute atomic E-state index is 12.9. The number of rotatable bonds is 2. The Kier molecular flexibility index (Phi) is 3.73. The van der Waals surface area contributed by atoms with Crippen LogP contribution in [0.25, 0.3) is 27.5 Å². The summed E-state index contributed by atoms with van der Waals surface area (Å²) in [4.78, 5) is 11.3. The minimum Gasteiger partial charge on any atom is -0.478 e. The van der Waals surface area contributed by atoms with Crippen molar-refractivity contribution in [2.45, 2.75) is 13.1 Å². The summed E-state index contributed by atoms with van der Waals surface area (Å²) in [6.07, 6.45) is -4.40. The molecule has 136 valence electrons. The molecule has 4 aromatic rings. The minimum absolute atomic E-state index is 0.162. The molecule has 0 aliphatic rings. The number of carboxylic acids is 1. The lowest BCUT2D eigenvalue weighted by atomic mass is 10.1. The third-order valence-electron chi connectivity index (χ3n) is 4.62. The average molecular weight is 369 g/mol. The van der Waals surface area contributed by atoms with Crippen LogP contribution in [0.1, 0.15) is 21.5 Å². The Morgan fingerprint density at radius 2 is 1.48 bits per heavy atom. The van der Waals surface area contributed by atoms with Gasteiger partial charge in [0.25, 0.3) is 0 Å². The molecule has 3 aromatic carbocycles. The molecule has 6 heteroatoms. The number of carboxylic acid groups (broad SMARTS) is 1. The van der Waals surface area contributed by atoms with Crippen LogP contribution < -0.4 is 0 Å². The second-order valence-corrected chi connectivity index (χ2v) is 6.44. The fourth-order valence-corrected chi connectivity index (χ4v) is 3.35. The van der Waals surface area contributed by atoms with Crippen LogP contribution in [0.4, 0.5) is 13.2 Å². The lowest BCUT2D eigenvalue weighted by Gasteiger charge is -2.11. The highest BCUT2D eigenvalue weighted by Gasteiger charge is 2.30. The van der Waals surface area contributed by atoms with Crippen molar-refractivity contribution in [3.63, 3.8) is 0 Å². The van der Waals surface area contributed by atoms with E-state index in [-0.39, 0.29) is 5.56 Å². The quantitative estimate of drug-likeness (QED) is 0.485. The molecule has 0 saturated carbocycles. The largest absolute Gasteiger partial charge is 0.478 e. The lowest BCUT2D eigenvalue weighted by Crippen LogP contribution is -2.05. The Morgan fingerprint density at radius 1 is 0.889 bits per heavy atom. The minimum atomic E-state index is -4.40. The van der Waals surface area contributed by atoms with E-state index in [2.05, 4.69) is 0 Å². The van der Waals surface area contributed by atoms with Crippen LogP contribution in [-0.4, -0.2) is 15.6 Å². The summed E-state index contributed by atoms with van der Waals surface area (Å²) in [5, 5.41) is 10.9. The number of hydrogen-bond acceptors (Lipinski definition) is 1. The molecule has 0 amide bonds. The molecule has 1 N–H and O–H groups in total. The summed E-state index contributed by atoms with van der Waals surface area (Å²) in [7, 11) is 0. The molecule has 0 radical (unpaired) electrons. The van der Waals surface area contributed by atoms with Gasteiger partial charge in [-0.3, -0.25) is 0 Å². The van der Waals surface area contributed by atoms with Gasteiger partial charge in [-0.15, -0.1) is 0 Å². The van der Waals surface area contributed by atoms with Crippen LogP contribution in [0.15, 0.2) is 60.7 Å². The van der Waals surface area contributed by atoms with Gasteiger partial charge in [0.1, 0.15) is 0 Å². The first kappa shape index (κ1) is 17.1. The molecule has 0 atom stereocenters. The van der Waals surface area contributed by atoms with Crippen molar-refractivity contribution in [3.05, 3.63) is 77.4 Å². The number of fused-ring (bicyclic) bond motifs is 3. The summed E-state index contributed by atoms with van der Waals surface area (Å²) >= 11 is 0. The maximum Gasteiger partial charge on any atom is 0.416 e. The number of halogens is 3. The highest BCUT2D eigenvalue weighted by Crippen LogP contribution is 2.35. The molecule has 0 spiro atoms. The van der Waals surface area contributed by atoms with Crippen molar-refractivity contribution >= 4 is 27.8 Å². The van der Waals surface area contributed by atoms with Gasteiger partial charge in [-0.05, 0) is 61.5 Å². The number of carbonyl (C=O) groups is 1. The van der Waals surface area contributed by atoms with E-state index in [1.54, 1.807) is 12.1 Å². The second kappa shape index (κ2) is 5.87. The van der Waals surface area contributed by atoms with Crippen LogP contribution in [0.5, 0.6) is 0 Å². The van der Waals surface area contributed by atoms with E-state index in [0.29, 0.717) is 5.69 Å². The fourth-order valence-electron chi connectivity index (χ4n) is 3.35. The van der Waals surface area contributed by atoms with Crippen molar-refractivity contribution < 1.29 is 23.1 Å². The third-order valence-corrected chi connectivity index (χ3v) is 4.62. The van der Waals surface area contributed by atoms with Gasteiger partial charge in [-0.2, -0.15) is 13.2 Å². The molecule has 0 aliphatic heterocycles. The van der Waals surface area contributed by atoms with E-state index < -0.39 is 17.7 Å². The number of aromatic carboxylic acids is 1. The first-order chi connectivity index (χ1) is 12.8. The zero-order valence-corrected chi connectivity index (χ0v) is 14.2. The van der Waals surface area contributed by atoms with E-state index in [1.165, 1.54) is 18.2 Å². The Labute approximate surface area is 152 Å². The fraction of sp³-hybridized carbons (Fsp3) is 0.0952. The molecule has 27 heavy (non-hydrogen) atoms. The molecule has 3 nitrogen and oxygen atoms in total. The summed E-state index contributed by atoms with van der Waals surface area (Å²) < 4.78 is 40.5. The molecule has 1 aromatic heterocycles. The Morgan fingerprint density at radius 3 is 2.07 bits per heavy atom. The molecule has 1 heterocycles. The van der Waals surface area contributed by atoms with Crippen LogP contribution in [0.3, 0.4) is 0 Å². The molecule has 0 fully saturated rings. The van der Waals surface area contributed by atoms with Crippen LogP contribution in [0.2, 0.25) is 0 Å². The van der Waals surface area contributed by atoms with Crippen LogP contribution >= 0.6 is 0 Å². The zero-order chi connectivity index (χ0) is 19.3. The summed E-state index contributed by atoms with van der Waals surface area (Å²) in [6, 6.07) is 15.5. The molecular formula is C21H14F3NO2. The lowest BCUT2D eigenvalue weighted by molar-refractivity contribution is -0.137. The van der Waals surface area contributed by atoms with Gasteiger partial charge in [0.2, 0.25) is 0 Å². The van der Waals surface area contributed by atoms with Gasteiger partial charge in [-0.1, -0.05) is 11.6 Å². The normalized spacial score (nSPS) is 12.0. The smallest absolute Gasteiger partial charge is 0.416 e. The average Bonchev–Trinajstić information content (AvgIpc) is 2.94. The predicted octanol–water partition coefficient (Wildman–Crippen LogP) is 5.81. The van der Waals surface area contributed by atoms with Gasteiger partial charge in [-0.25, -0.2) is 4.79 Å². The number of aryl methyl sites for hydroxylation is 1. The molecule has 0 bridgehead atoms. The highest BCUT2D eigenvalue weighted by atomic mass is 19.4. The number of alkyl halides is 3. The Hall–Kier alpha value is -3.28. The summed E-state index contributed by atoms with van der Waals surface area (Å²) in [5.74, 6) is -1.03. The van der Waals surface area contributed by atoms with Gasteiger partial charge in [0, 0.05) is 16.5 Å². The topological polar surface area (TPSA) is 42.2 Å². The standard InChI is InChI=1S/C21H14F3NO2/c1-12-2-8-18-16(10-12)17-11-13(20(26)27)3-9-19(17)25(18)15-6-4-14(5-7-15)21(22,23)24/h2-11H,1H3,(H,26,27). The predicted molar refractivity (Wildman–Crippen MR) is 97.5 cm³/mol. The van der Waals surface area contributed by atoms with Crippen LogP contribution in [-0.2, 0) is 6.18 Å². The summed E-state index contributed by atoms with van der Waals surface area (Å²) in [5.41, 5.74) is 2.58. The van der Waals surface area contributed by atoms with Crippen molar-refractivity contribution in [2.24, 2.45) is 0 Å². The number of aromatic nitrogens is 1. The van der Waals surface area contributed by atoms with Gasteiger partial charge >= 0.3 is 12.1 Å². The molecule has 0 unspecified atom stereocenters. The maximum atomic E-state index is 12.9. The van der Waals surface area contributed by atoms with Crippen LogP contribution in [0, 0.1) is 6.92 Å². The Bertz CT molecular complexity index is 1190. The van der Waals surface area contributed by atoms with Gasteiger partial charge in [0.05, 0.1) is 22.2 Å². The first-order valence-corrected chi connectivity index (χ1v) is 8.21. The number of benzene rings is 3. The van der Waals surface area contributed by atoms with E-state index >= 15 is 0 Å². The second-order valence-electron chi connectivity index (χ2n) is 6.44. The van der Waals surface area contributed by atoms with Gasteiger partial charge in [0.15, 0.2) is 0 Å². The van der Waals surface area contributed by atoms with Crippen molar-refractivity contribution in [3.8, 4) is 5.69 Å². The molecule has 4 rings (SSSR count). The SMILES string of the molecule is Cc1ccc2c(c1)c1cc(C(=O)O)ccc1n2-c1ccc(C(F)(F)F)cc1. The number of hydrogen-bond donors (Lipinski definition) is 1. The van der Waals surface area contributed by atoms with E-state index in [0.717, 1.165) is 39.5 Å². The van der Waals surface area contributed by atoms with Gasteiger partial charge < -0.3 is 9.67 Å². The summed E-state index contributed by atoms with van der Waals surface area (Å²) in [6.45, 7) is 1.93.